The molecule has 1 saturated carbocycles. The summed E-state index contributed by atoms with van der Waals surface area (Å²) >= 11 is 0. The first-order chi connectivity index (χ1) is 13.9. The van der Waals surface area contributed by atoms with Crippen LogP contribution in [0.4, 0.5) is 5.82 Å². The van der Waals surface area contributed by atoms with E-state index < -0.39 is 5.60 Å². The van der Waals surface area contributed by atoms with Crippen LogP contribution in [0.2, 0.25) is 0 Å². The molecule has 1 aromatic heterocycles. The molecule has 4 rings (SSSR count). The van der Waals surface area contributed by atoms with Gasteiger partial charge in [0.1, 0.15) is 5.82 Å². The molecule has 0 bridgehead atoms. The summed E-state index contributed by atoms with van der Waals surface area (Å²) < 4.78 is 0. The first kappa shape index (κ1) is 19.6. The van der Waals surface area contributed by atoms with E-state index in [1.54, 1.807) is 6.07 Å². The van der Waals surface area contributed by atoms with Crippen molar-refractivity contribution in [3.05, 3.63) is 77.4 Å². The van der Waals surface area contributed by atoms with Gasteiger partial charge in [-0.1, -0.05) is 67.8 Å². The van der Waals surface area contributed by atoms with E-state index in [4.69, 9.17) is 5.73 Å². The Kier molecular flexibility index (Phi) is 5.13. The van der Waals surface area contributed by atoms with E-state index in [0.717, 1.165) is 29.7 Å². The Morgan fingerprint density at radius 2 is 1.38 bits per heavy atom. The summed E-state index contributed by atoms with van der Waals surface area (Å²) in [6, 6.07) is 21.0. The van der Waals surface area contributed by atoms with Crippen LogP contribution in [0.3, 0.4) is 0 Å². The Labute approximate surface area is 172 Å². The average molecular weight is 388 g/mol. The molecule has 0 unspecified atom stereocenters. The summed E-state index contributed by atoms with van der Waals surface area (Å²) in [5.41, 5.74) is 10.4. The van der Waals surface area contributed by atoms with Gasteiger partial charge in [0.15, 0.2) is 0 Å². The minimum atomic E-state index is -0.819. The highest BCUT2D eigenvalue weighted by atomic mass is 16.3. The molecule has 4 nitrogen and oxygen atoms in total. The molecule has 3 N–H and O–H groups in total. The van der Waals surface area contributed by atoms with Gasteiger partial charge in [-0.3, -0.25) is 0 Å². The Morgan fingerprint density at radius 1 is 0.793 bits per heavy atom. The second-order valence-corrected chi connectivity index (χ2v) is 8.70. The number of hydrogen-bond acceptors (Lipinski definition) is 4. The fraction of sp³-hybridized carbons (Fsp3) is 0.360. The van der Waals surface area contributed by atoms with Gasteiger partial charge in [0.05, 0.1) is 11.3 Å². The average Bonchev–Trinajstić information content (AvgIpc) is 2.74. The SMILES string of the molecule is CC(C)(O)c1ccc(C2(c3ccc(-c4ccc(N)nn4)cc3)CCCCC2)cc1. The standard InChI is InChI=1S/C25H29N3O/c1-24(2,29)19-10-12-21(13-11-19)25(16-4-3-5-17-25)20-8-6-18(7-9-20)22-14-15-23(26)28-27-22/h6-15,29H,3-5,16-17H2,1-2H3,(H2,26,28). The Balaban J connectivity index is 1.70. The number of aliphatic hydroxyl groups is 1. The Morgan fingerprint density at radius 3 is 1.90 bits per heavy atom. The third kappa shape index (κ3) is 3.90. The highest BCUT2D eigenvalue weighted by Crippen LogP contribution is 2.45. The fourth-order valence-electron chi connectivity index (χ4n) is 4.55. The molecule has 0 radical (unpaired) electrons. The maximum Gasteiger partial charge on any atom is 0.146 e. The third-order valence-electron chi connectivity index (χ3n) is 6.27. The first-order valence-corrected chi connectivity index (χ1v) is 10.4. The molecular weight excluding hydrogens is 358 g/mol. The molecular formula is C25H29N3O. The smallest absolute Gasteiger partial charge is 0.146 e. The molecule has 1 heterocycles. The summed E-state index contributed by atoms with van der Waals surface area (Å²) in [7, 11) is 0. The van der Waals surface area contributed by atoms with Gasteiger partial charge in [-0.2, -0.15) is 0 Å². The van der Waals surface area contributed by atoms with Crippen molar-refractivity contribution in [2.45, 2.75) is 57.0 Å². The zero-order chi connectivity index (χ0) is 20.5. The van der Waals surface area contributed by atoms with Crippen molar-refractivity contribution in [2.75, 3.05) is 5.73 Å². The number of hydrogen-bond donors (Lipinski definition) is 2. The lowest BCUT2D eigenvalue weighted by molar-refractivity contribution is 0.0785. The van der Waals surface area contributed by atoms with Gasteiger partial charge >= 0.3 is 0 Å². The van der Waals surface area contributed by atoms with Crippen molar-refractivity contribution in [1.29, 1.82) is 0 Å². The molecule has 0 amide bonds. The van der Waals surface area contributed by atoms with Gasteiger partial charge in [-0.15, -0.1) is 10.2 Å². The second kappa shape index (κ2) is 7.60. The molecule has 1 aliphatic carbocycles. The van der Waals surface area contributed by atoms with Crippen molar-refractivity contribution >= 4 is 5.82 Å². The van der Waals surface area contributed by atoms with Crippen LogP contribution in [-0.4, -0.2) is 15.3 Å². The van der Waals surface area contributed by atoms with Gasteiger partial charge in [0, 0.05) is 11.0 Å². The van der Waals surface area contributed by atoms with E-state index >= 15 is 0 Å². The molecule has 29 heavy (non-hydrogen) atoms. The van der Waals surface area contributed by atoms with Crippen LogP contribution in [0.15, 0.2) is 60.7 Å². The van der Waals surface area contributed by atoms with Crippen molar-refractivity contribution in [1.82, 2.24) is 10.2 Å². The number of anilines is 1. The Hall–Kier alpha value is -2.72. The highest BCUT2D eigenvalue weighted by Gasteiger charge is 2.35. The van der Waals surface area contributed by atoms with E-state index in [2.05, 4.69) is 58.7 Å². The number of aromatic nitrogens is 2. The van der Waals surface area contributed by atoms with Crippen LogP contribution < -0.4 is 5.73 Å². The summed E-state index contributed by atoms with van der Waals surface area (Å²) in [5.74, 6) is 0.432. The van der Waals surface area contributed by atoms with Gasteiger partial charge in [-0.05, 0) is 55.5 Å². The molecule has 2 aromatic carbocycles. The lowest BCUT2D eigenvalue weighted by Gasteiger charge is -2.39. The van der Waals surface area contributed by atoms with Gasteiger partial charge < -0.3 is 10.8 Å². The van der Waals surface area contributed by atoms with Gasteiger partial charge in [0.2, 0.25) is 0 Å². The topological polar surface area (TPSA) is 72.0 Å². The highest BCUT2D eigenvalue weighted by molar-refractivity contribution is 5.60. The molecule has 0 aliphatic heterocycles. The van der Waals surface area contributed by atoms with Crippen LogP contribution in [-0.2, 0) is 11.0 Å². The molecule has 1 aliphatic rings. The number of rotatable bonds is 4. The largest absolute Gasteiger partial charge is 0.386 e. The van der Waals surface area contributed by atoms with E-state index in [1.165, 1.54) is 30.4 Å². The van der Waals surface area contributed by atoms with Crippen LogP contribution in [0, 0.1) is 0 Å². The maximum absolute atomic E-state index is 10.3. The van der Waals surface area contributed by atoms with Crippen LogP contribution in [0.1, 0.15) is 62.6 Å². The van der Waals surface area contributed by atoms with Crippen molar-refractivity contribution in [3.8, 4) is 11.3 Å². The van der Waals surface area contributed by atoms with E-state index in [9.17, 15) is 5.11 Å². The molecule has 0 spiro atoms. The minimum absolute atomic E-state index is 0.0295. The monoisotopic (exact) mass is 387 g/mol. The summed E-state index contributed by atoms with van der Waals surface area (Å²) in [5, 5.41) is 18.5. The summed E-state index contributed by atoms with van der Waals surface area (Å²) in [6.45, 7) is 3.66. The zero-order valence-corrected chi connectivity index (χ0v) is 17.2. The third-order valence-corrected chi connectivity index (χ3v) is 6.27. The number of nitrogens with zero attached hydrogens (tertiary/aromatic N) is 2. The predicted molar refractivity (Wildman–Crippen MR) is 117 cm³/mol. The normalized spacial score (nSPS) is 16.5. The lowest BCUT2D eigenvalue weighted by atomic mass is 9.65. The van der Waals surface area contributed by atoms with Crippen LogP contribution >= 0.6 is 0 Å². The number of nitrogen functional groups attached to an aromatic ring is 1. The molecule has 4 heteroatoms. The van der Waals surface area contributed by atoms with E-state index in [-0.39, 0.29) is 5.41 Å². The number of nitrogens with two attached hydrogens (primary N) is 1. The maximum atomic E-state index is 10.3. The van der Waals surface area contributed by atoms with Crippen molar-refractivity contribution in [3.63, 3.8) is 0 Å². The minimum Gasteiger partial charge on any atom is -0.386 e. The fourth-order valence-corrected chi connectivity index (χ4v) is 4.55. The quantitative estimate of drug-likeness (QED) is 0.645. The molecule has 3 aromatic rings. The van der Waals surface area contributed by atoms with Crippen molar-refractivity contribution in [2.24, 2.45) is 0 Å². The summed E-state index contributed by atoms with van der Waals surface area (Å²) in [6.07, 6.45) is 6.06. The molecule has 150 valence electrons. The number of benzene rings is 2. The second-order valence-electron chi connectivity index (χ2n) is 8.70. The molecule has 1 fully saturated rings. The van der Waals surface area contributed by atoms with Crippen LogP contribution in [0.5, 0.6) is 0 Å². The summed E-state index contributed by atoms with van der Waals surface area (Å²) in [4.78, 5) is 0. The Bertz CT molecular complexity index is 949. The van der Waals surface area contributed by atoms with E-state index in [1.807, 2.05) is 19.9 Å². The van der Waals surface area contributed by atoms with Crippen LogP contribution in [0.25, 0.3) is 11.3 Å². The molecule has 0 saturated heterocycles. The molecule has 0 atom stereocenters. The predicted octanol–water partition coefficient (Wildman–Crippen LogP) is 5.20. The van der Waals surface area contributed by atoms with Crippen molar-refractivity contribution < 1.29 is 5.11 Å². The first-order valence-electron chi connectivity index (χ1n) is 10.4. The van der Waals surface area contributed by atoms with E-state index in [0.29, 0.717) is 5.82 Å². The lowest BCUT2D eigenvalue weighted by Crippen LogP contribution is -2.30. The van der Waals surface area contributed by atoms with Gasteiger partial charge in [-0.25, -0.2) is 0 Å². The van der Waals surface area contributed by atoms with Gasteiger partial charge in [0.25, 0.3) is 0 Å². The zero-order valence-electron chi connectivity index (χ0n) is 17.2.